The van der Waals surface area contributed by atoms with Gasteiger partial charge in [-0.1, -0.05) is 29.8 Å². The van der Waals surface area contributed by atoms with Crippen molar-refractivity contribution in [1.29, 1.82) is 0 Å². The number of nitrogens with one attached hydrogen (secondary N) is 1. The molecular formula is C18H20N2O2S. The van der Waals surface area contributed by atoms with Crippen LogP contribution in [0.25, 0.3) is 0 Å². The fourth-order valence-corrected chi connectivity index (χ4v) is 3.48. The van der Waals surface area contributed by atoms with E-state index in [-0.39, 0.29) is 12.0 Å². The number of aromatic nitrogens is 1. The number of amides is 1. The summed E-state index contributed by atoms with van der Waals surface area (Å²) in [7, 11) is 0. The summed E-state index contributed by atoms with van der Waals surface area (Å²) in [5.74, 6) is 2.53. The number of rotatable bonds is 5. The Morgan fingerprint density at radius 2 is 2.17 bits per heavy atom. The standard InChI is InChI=1S/C18H20N2O2S/c1-13-2-4-14(5-3-13)11-20-18(21)15-6-8-19-17(10-15)22-16-7-9-23-12-16/h2-6,8,10,16H,7,9,11-12H2,1H3,(H,20,21). The molecule has 0 spiro atoms. The number of thioether (sulfide) groups is 1. The summed E-state index contributed by atoms with van der Waals surface area (Å²) in [6.45, 7) is 2.56. The molecule has 1 atom stereocenters. The second-order valence-corrected chi connectivity index (χ2v) is 6.80. The Hall–Kier alpha value is -2.01. The van der Waals surface area contributed by atoms with Crippen LogP contribution in [0, 0.1) is 6.92 Å². The minimum atomic E-state index is -0.112. The van der Waals surface area contributed by atoms with Gasteiger partial charge in [-0.05, 0) is 30.7 Å². The lowest BCUT2D eigenvalue weighted by atomic mass is 10.1. The number of aryl methyl sites for hydroxylation is 1. The third kappa shape index (κ3) is 4.48. The van der Waals surface area contributed by atoms with Gasteiger partial charge in [-0.3, -0.25) is 4.79 Å². The molecule has 1 unspecified atom stereocenters. The summed E-state index contributed by atoms with van der Waals surface area (Å²) in [5, 5.41) is 2.93. The molecule has 2 heterocycles. The molecule has 1 fully saturated rings. The van der Waals surface area contributed by atoms with Gasteiger partial charge in [-0.25, -0.2) is 4.98 Å². The zero-order chi connectivity index (χ0) is 16.1. The van der Waals surface area contributed by atoms with E-state index in [1.807, 2.05) is 43.0 Å². The van der Waals surface area contributed by atoms with Crippen LogP contribution in [0.2, 0.25) is 0 Å². The van der Waals surface area contributed by atoms with Crippen LogP contribution in [0.1, 0.15) is 27.9 Å². The van der Waals surface area contributed by atoms with E-state index >= 15 is 0 Å². The number of ether oxygens (including phenoxy) is 1. The van der Waals surface area contributed by atoms with Gasteiger partial charge in [0.2, 0.25) is 5.88 Å². The lowest BCUT2D eigenvalue weighted by Crippen LogP contribution is -2.23. The molecule has 0 bridgehead atoms. The van der Waals surface area contributed by atoms with Gasteiger partial charge in [0.15, 0.2) is 0 Å². The highest BCUT2D eigenvalue weighted by molar-refractivity contribution is 7.99. The van der Waals surface area contributed by atoms with Crippen LogP contribution in [0.5, 0.6) is 5.88 Å². The van der Waals surface area contributed by atoms with E-state index in [4.69, 9.17) is 4.74 Å². The molecule has 2 aromatic rings. The zero-order valence-corrected chi connectivity index (χ0v) is 13.9. The molecule has 1 aromatic carbocycles. The van der Waals surface area contributed by atoms with Crippen LogP contribution in [0.4, 0.5) is 0 Å². The van der Waals surface area contributed by atoms with E-state index in [0.29, 0.717) is 18.0 Å². The van der Waals surface area contributed by atoms with Crippen molar-refractivity contribution >= 4 is 17.7 Å². The summed E-state index contributed by atoms with van der Waals surface area (Å²) in [6, 6.07) is 11.6. The molecule has 1 aliphatic rings. The summed E-state index contributed by atoms with van der Waals surface area (Å²) in [5.41, 5.74) is 2.87. The van der Waals surface area contributed by atoms with Crippen LogP contribution in [0.15, 0.2) is 42.6 Å². The maximum Gasteiger partial charge on any atom is 0.251 e. The molecule has 0 aliphatic carbocycles. The van der Waals surface area contributed by atoms with Crippen molar-refractivity contribution in [3.05, 3.63) is 59.3 Å². The molecular weight excluding hydrogens is 308 g/mol. The highest BCUT2D eigenvalue weighted by Crippen LogP contribution is 2.22. The minimum absolute atomic E-state index is 0.112. The molecule has 0 radical (unpaired) electrons. The van der Waals surface area contributed by atoms with Gasteiger partial charge in [0.1, 0.15) is 6.10 Å². The van der Waals surface area contributed by atoms with Crippen LogP contribution in [-0.4, -0.2) is 28.5 Å². The Labute approximate surface area is 140 Å². The topological polar surface area (TPSA) is 51.2 Å². The van der Waals surface area contributed by atoms with Crippen molar-refractivity contribution in [2.24, 2.45) is 0 Å². The number of carbonyl (C=O) groups is 1. The smallest absolute Gasteiger partial charge is 0.251 e. The fraction of sp³-hybridized carbons (Fsp3) is 0.333. The lowest BCUT2D eigenvalue weighted by molar-refractivity contribution is 0.0950. The Morgan fingerprint density at radius 3 is 2.91 bits per heavy atom. The third-order valence-corrected chi connectivity index (χ3v) is 4.88. The van der Waals surface area contributed by atoms with E-state index in [1.54, 1.807) is 18.3 Å². The van der Waals surface area contributed by atoms with E-state index in [9.17, 15) is 4.79 Å². The zero-order valence-electron chi connectivity index (χ0n) is 13.1. The van der Waals surface area contributed by atoms with Gasteiger partial charge < -0.3 is 10.1 Å². The average Bonchev–Trinajstić information content (AvgIpc) is 3.07. The molecule has 1 saturated heterocycles. The second kappa shape index (κ2) is 7.51. The Balaban J connectivity index is 1.59. The third-order valence-electron chi connectivity index (χ3n) is 3.75. The molecule has 1 amide bonds. The first-order valence-electron chi connectivity index (χ1n) is 7.75. The number of hydrogen-bond acceptors (Lipinski definition) is 4. The van der Waals surface area contributed by atoms with Gasteiger partial charge in [0.25, 0.3) is 5.91 Å². The maximum absolute atomic E-state index is 12.3. The molecule has 120 valence electrons. The molecule has 1 aliphatic heterocycles. The molecule has 1 N–H and O–H groups in total. The Kier molecular flexibility index (Phi) is 5.18. The molecule has 0 saturated carbocycles. The van der Waals surface area contributed by atoms with Crippen molar-refractivity contribution in [2.45, 2.75) is 26.0 Å². The predicted octanol–water partition coefficient (Wildman–Crippen LogP) is 3.20. The van der Waals surface area contributed by atoms with Crippen LogP contribution >= 0.6 is 11.8 Å². The minimum Gasteiger partial charge on any atom is -0.473 e. The Morgan fingerprint density at radius 1 is 1.35 bits per heavy atom. The van der Waals surface area contributed by atoms with E-state index in [2.05, 4.69) is 10.3 Å². The average molecular weight is 328 g/mol. The second-order valence-electron chi connectivity index (χ2n) is 5.65. The predicted molar refractivity (Wildman–Crippen MR) is 92.9 cm³/mol. The molecule has 3 rings (SSSR count). The highest BCUT2D eigenvalue weighted by atomic mass is 32.2. The van der Waals surface area contributed by atoms with Gasteiger partial charge in [-0.2, -0.15) is 11.8 Å². The van der Waals surface area contributed by atoms with Crippen molar-refractivity contribution in [1.82, 2.24) is 10.3 Å². The number of pyridine rings is 1. The number of hydrogen-bond donors (Lipinski definition) is 1. The SMILES string of the molecule is Cc1ccc(CNC(=O)c2ccnc(OC3CCSC3)c2)cc1. The molecule has 23 heavy (non-hydrogen) atoms. The normalized spacial score (nSPS) is 17.0. The summed E-state index contributed by atoms with van der Waals surface area (Å²) in [4.78, 5) is 16.5. The first kappa shape index (κ1) is 15.9. The van der Waals surface area contributed by atoms with Crippen LogP contribution in [-0.2, 0) is 6.54 Å². The lowest BCUT2D eigenvalue weighted by Gasteiger charge is -2.12. The quantitative estimate of drug-likeness (QED) is 0.916. The summed E-state index contributed by atoms with van der Waals surface area (Å²) < 4.78 is 5.83. The number of benzene rings is 1. The van der Waals surface area contributed by atoms with Crippen molar-refractivity contribution in [2.75, 3.05) is 11.5 Å². The maximum atomic E-state index is 12.3. The number of carbonyl (C=O) groups excluding carboxylic acids is 1. The first-order chi connectivity index (χ1) is 11.2. The summed E-state index contributed by atoms with van der Waals surface area (Å²) in [6.07, 6.45) is 2.87. The van der Waals surface area contributed by atoms with E-state index < -0.39 is 0 Å². The van der Waals surface area contributed by atoms with Crippen LogP contribution < -0.4 is 10.1 Å². The van der Waals surface area contributed by atoms with Crippen molar-refractivity contribution < 1.29 is 9.53 Å². The molecule has 5 heteroatoms. The van der Waals surface area contributed by atoms with E-state index in [0.717, 1.165) is 23.5 Å². The summed E-state index contributed by atoms with van der Waals surface area (Å²) >= 11 is 1.89. The van der Waals surface area contributed by atoms with Gasteiger partial charge in [0.05, 0.1) is 0 Å². The van der Waals surface area contributed by atoms with Gasteiger partial charge >= 0.3 is 0 Å². The Bertz CT molecular complexity index is 667. The molecule has 1 aromatic heterocycles. The van der Waals surface area contributed by atoms with Crippen molar-refractivity contribution in [3.8, 4) is 5.88 Å². The van der Waals surface area contributed by atoms with Crippen molar-refractivity contribution in [3.63, 3.8) is 0 Å². The fourth-order valence-electron chi connectivity index (χ4n) is 2.38. The van der Waals surface area contributed by atoms with Gasteiger partial charge in [0, 0.05) is 30.1 Å². The largest absolute Gasteiger partial charge is 0.473 e. The van der Waals surface area contributed by atoms with Crippen LogP contribution in [0.3, 0.4) is 0 Å². The molecule has 4 nitrogen and oxygen atoms in total. The number of nitrogens with zero attached hydrogens (tertiary/aromatic N) is 1. The van der Waals surface area contributed by atoms with Gasteiger partial charge in [-0.15, -0.1) is 0 Å². The monoisotopic (exact) mass is 328 g/mol. The highest BCUT2D eigenvalue weighted by Gasteiger charge is 2.18. The first-order valence-corrected chi connectivity index (χ1v) is 8.90. The van der Waals surface area contributed by atoms with E-state index in [1.165, 1.54) is 5.56 Å².